The fourth-order valence-corrected chi connectivity index (χ4v) is 7.13. The second-order valence-corrected chi connectivity index (χ2v) is 13.6. The molecule has 0 saturated carbocycles. The van der Waals surface area contributed by atoms with Gasteiger partial charge in [-0.3, -0.25) is 25.1 Å². The number of carbonyl (C=O) groups excluding carboxylic acids is 2. The standard InChI is InChI=1S/C36H40Cl2F3N5O4/c1-2-49-30-20-25(36(39,40)41)9-14-29(30)35(34(48)46-17-15-45(16-18-46)22-31(47)42-21-28-4-3-19-50-28)43-32(23-5-10-26(37)11-6-23)33(44-35)24-7-12-27(38)13-8-24/h5-14,20,28,32-33,43-44H,2-4,15-19,21-22H2,1H3,(H,42,47). The SMILES string of the molecule is CCOc1cc(C(F)(F)F)ccc1C1(C(=O)N2CCN(CC(=O)NCC3CCCO3)CC2)NC(c2ccc(Cl)cc2)C(c2ccc(Cl)cc2)N1. The molecule has 0 radical (unpaired) electrons. The largest absolute Gasteiger partial charge is 0.493 e. The highest BCUT2D eigenvalue weighted by atomic mass is 35.5. The van der Waals surface area contributed by atoms with Crippen LogP contribution in [0.25, 0.3) is 0 Å². The fraction of sp³-hybridized carbons (Fsp3) is 0.444. The van der Waals surface area contributed by atoms with Gasteiger partial charge in [-0.05, 0) is 67.3 Å². The molecule has 3 aliphatic rings. The minimum atomic E-state index is -4.62. The first-order valence-corrected chi connectivity index (χ1v) is 17.5. The topological polar surface area (TPSA) is 95.2 Å². The quantitative estimate of drug-likeness (QED) is 0.247. The van der Waals surface area contributed by atoms with Crippen molar-refractivity contribution >= 4 is 35.0 Å². The number of halogens is 5. The van der Waals surface area contributed by atoms with E-state index in [1.54, 1.807) is 36.1 Å². The number of benzene rings is 3. The predicted octanol–water partition coefficient (Wildman–Crippen LogP) is 5.68. The number of nitrogens with one attached hydrogen (secondary N) is 3. The van der Waals surface area contributed by atoms with Gasteiger partial charge < -0.3 is 19.7 Å². The Bertz CT molecular complexity index is 1590. The first-order chi connectivity index (χ1) is 24.0. The van der Waals surface area contributed by atoms with Crippen molar-refractivity contribution in [1.82, 2.24) is 25.8 Å². The van der Waals surface area contributed by atoms with Crippen molar-refractivity contribution in [1.29, 1.82) is 0 Å². The number of ether oxygens (including phenoxy) is 2. The predicted molar refractivity (Wildman–Crippen MR) is 184 cm³/mol. The molecule has 3 N–H and O–H groups in total. The molecule has 0 aromatic heterocycles. The van der Waals surface area contributed by atoms with Gasteiger partial charge >= 0.3 is 6.18 Å². The highest BCUT2D eigenvalue weighted by Crippen LogP contribution is 2.46. The van der Waals surface area contributed by atoms with E-state index in [4.69, 9.17) is 32.7 Å². The number of hydrogen-bond donors (Lipinski definition) is 3. The number of amides is 2. The van der Waals surface area contributed by atoms with E-state index in [-0.39, 0.29) is 42.4 Å². The van der Waals surface area contributed by atoms with Crippen LogP contribution in [-0.4, -0.2) is 80.2 Å². The molecule has 3 heterocycles. The van der Waals surface area contributed by atoms with Crippen LogP contribution < -0.4 is 20.7 Å². The summed E-state index contributed by atoms with van der Waals surface area (Å²) in [5.41, 5.74) is -0.756. The molecule has 9 nitrogen and oxygen atoms in total. The van der Waals surface area contributed by atoms with Gasteiger partial charge in [0, 0.05) is 54.9 Å². The molecule has 3 aromatic rings. The highest BCUT2D eigenvalue weighted by Gasteiger charge is 2.55. The Balaban J connectivity index is 1.33. The molecule has 0 spiro atoms. The molecule has 3 atom stereocenters. The maximum absolute atomic E-state index is 15.0. The Morgan fingerprint density at radius 3 is 2.06 bits per heavy atom. The van der Waals surface area contributed by atoms with Crippen LogP contribution in [0.1, 0.15) is 54.1 Å². The molecule has 2 amide bonds. The van der Waals surface area contributed by atoms with Crippen LogP contribution in [0.15, 0.2) is 66.7 Å². The van der Waals surface area contributed by atoms with Crippen molar-refractivity contribution in [3.8, 4) is 5.75 Å². The van der Waals surface area contributed by atoms with Crippen molar-refractivity contribution in [3.05, 3.63) is 99.0 Å². The molecule has 0 aliphatic carbocycles. The van der Waals surface area contributed by atoms with E-state index in [1.165, 1.54) is 6.07 Å². The summed E-state index contributed by atoms with van der Waals surface area (Å²) in [5.74, 6) is -0.557. The van der Waals surface area contributed by atoms with Crippen LogP contribution >= 0.6 is 23.2 Å². The summed E-state index contributed by atoms with van der Waals surface area (Å²) in [4.78, 5) is 31.3. The van der Waals surface area contributed by atoms with Gasteiger partial charge in [-0.2, -0.15) is 13.2 Å². The molecule has 3 aliphatic heterocycles. The summed E-state index contributed by atoms with van der Waals surface area (Å²) in [5, 5.41) is 11.1. The lowest BCUT2D eigenvalue weighted by molar-refractivity contribution is -0.141. The van der Waals surface area contributed by atoms with Crippen LogP contribution in [-0.2, 0) is 26.2 Å². The summed E-state index contributed by atoms with van der Waals surface area (Å²) in [6, 6.07) is 16.6. The van der Waals surface area contributed by atoms with Crippen LogP contribution in [0.3, 0.4) is 0 Å². The van der Waals surface area contributed by atoms with E-state index in [2.05, 4.69) is 16.0 Å². The van der Waals surface area contributed by atoms with Gasteiger partial charge in [0.25, 0.3) is 5.91 Å². The molecule has 3 aromatic carbocycles. The summed E-state index contributed by atoms with van der Waals surface area (Å²) in [6.45, 7) is 4.57. The van der Waals surface area contributed by atoms with Gasteiger partial charge in [0.1, 0.15) is 5.75 Å². The average Bonchev–Trinajstić information content (AvgIpc) is 3.77. The van der Waals surface area contributed by atoms with Crippen molar-refractivity contribution in [3.63, 3.8) is 0 Å². The third-order valence-electron chi connectivity index (χ3n) is 9.45. The van der Waals surface area contributed by atoms with E-state index in [0.717, 1.165) is 36.1 Å². The Hall–Kier alpha value is -3.39. The lowest BCUT2D eigenvalue weighted by Gasteiger charge is -2.40. The fourth-order valence-electron chi connectivity index (χ4n) is 6.88. The molecule has 268 valence electrons. The molecule has 6 rings (SSSR count). The third-order valence-corrected chi connectivity index (χ3v) is 9.95. The van der Waals surface area contributed by atoms with Crippen LogP contribution in [0.4, 0.5) is 13.2 Å². The van der Waals surface area contributed by atoms with Gasteiger partial charge in [-0.25, -0.2) is 0 Å². The Morgan fingerprint density at radius 2 is 1.54 bits per heavy atom. The molecular weight excluding hydrogens is 694 g/mol. The highest BCUT2D eigenvalue weighted by molar-refractivity contribution is 6.30. The molecule has 14 heteroatoms. The maximum Gasteiger partial charge on any atom is 0.416 e. The summed E-state index contributed by atoms with van der Waals surface area (Å²) < 4.78 is 53.2. The maximum atomic E-state index is 15.0. The van der Waals surface area contributed by atoms with E-state index < -0.39 is 29.5 Å². The Labute approximate surface area is 299 Å². The number of piperazine rings is 1. The van der Waals surface area contributed by atoms with Gasteiger partial charge in [-0.15, -0.1) is 0 Å². The van der Waals surface area contributed by atoms with Gasteiger partial charge in [0.2, 0.25) is 5.91 Å². The van der Waals surface area contributed by atoms with Gasteiger partial charge in [0.05, 0.1) is 36.9 Å². The summed E-state index contributed by atoms with van der Waals surface area (Å²) >= 11 is 12.5. The lowest BCUT2D eigenvalue weighted by Crippen LogP contribution is -2.62. The number of alkyl halides is 3. The second kappa shape index (κ2) is 15.5. The minimum Gasteiger partial charge on any atom is -0.493 e. The van der Waals surface area contributed by atoms with Crippen LogP contribution in [0.2, 0.25) is 10.0 Å². The molecule has 3 fully saturated rings. The smallest absolute Gasteiger partial charge is 0.416 e. The molecular formula is C36H40Cl2F3N5O4. The van der Waals surface area contributed by atoms with Gasteiger partial charge in [0.15, 0.2) is 5.66 Å². The average molecular weight is 735 g/mol. The number of nitrogens with zero attached hydrogens (tertiary/aromatic N) is 2. The van der Waals surface area contributed by atoms with E-state index in [1.807, 2.05) is 29.2 Å². The monoisotopic (exact) mass is 733 g/mol. The number of rotatable bonds is 10. The van der Waals surface area contributed by atoms with Crippen molar-refractivity contribution < 1.29 is 32.2 Å². The zero-order chi connectivity index (χ0) is 35.5. The van der Waals surface area contributed by atoms with Crippen LogP contribution in [0.5, 0.6) is 5.75 Å². The van der Waals surface area contributed by atoms with E-state index >= 15 is 0 Å². The van der Waals surface area contributed by atoms with E-state index in [0.29, 0.717) is 49.4 Å². The normalized spacial score (nSPS) is 24.4. The summed E-state index contributed by atoms with van der Waals surface area (Å²) in [6.07, 6.45) is -2.67. The van der Waals surface area contributed by atoms with Crippen molar-refractivity contribution in [2.45, 2.75) is 49.8 Å². The molecule has 3 saturated heterocycles. The molecule has 50 heavy (non-hydrogen) atoms. The zero-order valence-electron chi connectivity index (χ0n) is 27.6. The minimum absolute atomic E-state index is 0.0381. The van der Waals surface area contributed by atoms with Gasteiger partial charge in [-0.1, -0.05) is 53.5 Å². The number of hydrogen-bond acceptors (Lipinski definition) is 7. The Morgan fingerprint density at radius 1 is 0.940 bits per heavy atom. The second-order valence-electron chi connectivity index (χ2n) is 12.7. The summed E-state index contributed by atoms with van der Waals surface area (Å²) in [7, 11) is 0. The molecule has 0 bridgehead atoms. The zero-order valence-corrected chi connectivity index (χ0v) is 29.1. The van der Waals surface area contributed by atoms with E-state index in [9.17, 15) is 22.8 Å². The molecule has 3 unspecified atom stereocenters. The number of carbonyl (C=O) groups is 2. The first kappa shape index (κ1) is 36.4. The first-order valence-electron chi connectivity index (χ1n) is 16.8. The lowest BCUT2D eigenvalue weighted by atomic mass is 9.94. The van der Waals surface area contributed by atoms with Crippen molar-refractivity contribution in [2.24, 2.45) is 0 Å². The van der Waals surface area contributed by atoms with Crippen molar-refractivity contribution in [2.75, 3.05) is 52.5 Å². The Kier molecular flexibility index (Phi) is 11.3. The third kappa shape index (κ3) is 8.06. The van der Waals surface area contributed by atoms with Crippen LogP contribution in [0, 0.1) is 0 Å².